The second-order valence-corrected chi connectivity index (χ2v) is 5.41. The second kappa shape index (κ2) is 6.71. The van der Waals surface area contributed by atoms with Gasteiger partial charge in [0.25, 0.3) is 0 Å². The van der Waals surface area contributed by atoms with E-state index in [4.69, 9.17) is 5.73 Å². The maximum Gasteiger partial charge on any atom is 0.227 e. The van der Waals surface area contributed by atoms with Crippen molar-refractivity contribution >= 4 is 5.91 Å². The molecule has 0 saturated heterocycles. The van der Waals surface area contributed by atoms with Gasteiger partial charge in [-0.1, -0.05) is 38.1 Å². The molecule has 1 aromatic carbocycles. The van der Waals surface area contributed by atoms with E-state index in [1.807, 2.05) is 20.8 Å². The molecule has 0 spiro atoms. The van der Waals surface area contributed by atoms with Gasteiger partial charge in [-0.3, -0.25) is 4.79 Å². The summed E-state index contributed by atoms with van der Waals surface area (Å²) in [6.45, 7) is 8.42. The van der Waals surface area contributed by atoms with Crippen LogP contribution in [-0.2, 0) is 11.2 Å². The fraction of sp³-hybridized carbons (Fsp3) is 0.562. The zero-order chi connectivity index (χ0) is 14.5. The van der Waals surface area contributed by atoms with Gasteiger partial charge < -0.3 is 11.1 Å². The van der Waals surface area contributed by atoms with Gasteiger partial charge in [0.1, 0.15) is 0 Å². The van der Waals surface area contributed by atoms with Crippen molar-refractivity contribution in [3.05, 3.63) is 35.4 Å². The molecule has 0 aromatic heterocycles. The van der Waals surface area contributed by atoms with Gasteiger partial charge in [-0.15, -0.1) is 0 Å². The van der Waals surface area contributed by atoms with Crippen molar-refractivity contribution < 1.29 is 4.79 Å². The summed E-state index contributed by atoms with van der Waals surface area (Å²) in [6.07, 6.45) is 1.78. The number of carbonyl (C=O) groups is 1. The molecule has 2 unspecified atom stereocenters. The molecule has 19 heavy (non-hydrogen) atoms. The normalized spacial score (nSPS) is 15.6. The van der Waals surface area contributed by atoms with Crippen LogP contribution in [0.1, 0.15) is 51.3 Å². The fourth-order valence-electron chi connectivity index (χ4n) is 1.89. The third-order valence-electron chi connectivity index (χ3n) is 4.01. The van der Waals surface area contributed by atoms with Gasteiger partial charge in [0.2, 0.25) is 5.91 Å². The lowest BCUT2D eigenvalue weighted by Gasteiger charge is -2.27. The number of rotatable bonds is 6. The highest BCUT2D eigenvalue weighted by atomic mass is 16.2. The second-order valence-electron chi connectivity index (χ2n) is 5.41. The first-order valence-electron chi connectivity index (χ1n) is 7.06. The summed E-state index contributed by atoms with van der Waals surface area (Å²) in [5.74, 6) is 0.0320. The summed E-state index contributed by atoms with van der Waals surface area (Å²) < 4.78 is 0. The molecular formula is C16H26N2O. The molecule has 106 valence electrons. The number of nitrogens with one attached hydrogen (secondary N) is 1. The van der Waals surface area contributed by atoms with Crippen LogP contribution in [0.5, 0.6) is 0 Å². The van der Waals surface area contributed by atoms with E-state index in [1.54, 1.807) is 0 Å². The maximum absolute atomic E-state index is 12.2. The number of hydrogen-bond acceptors (Lipinski definition) is 2. The molecule has 3 nitrogen and oxygen atoms in total. The van der Waals surface area contributed by atoms with Gasteiger partial charge in [-0.2, -0.15) is 0 Å². The van der Waals surface area contributed by atoms with Crippen LogP contribution in [0.2, 0.25) is 0 Å². The van der Waals surface area contributed by atoms with Crippen molar-refractivity contribution in [3.63, 3.8) is 0 Å². The Morgan fingerprint density at radius 3 is 2.32 bits per heavy atom. The van der Waals surface area contributed by atoms with Crippen molar-refractivity contribution in [2.75, 3.05) is 6.54 Å². The molecular weight excluding hydrogens is 236 g/mol. The number of aryl methyl sites for hydroxylation is 1. The molecule has 0 aliphatic heterocycles. The van der Waals surface area contributed by atoms with Crippen molar-refractivity contribution in [1.82, 2.24) is 5.32 Å². The highest BCUT2D eigenvalue weighted by molar-refractivity contribution is 5.82. The summed E-state index contributed by atoms with van der Waals surface area (Å²) in [5, 5.41) is 3.06. The lowest BCUT2D eigenvalue weighted by atomic mass is 9.86. The van der Waals surface area contributed by atoms with Crippen LogP contribution in [0, 0.1) is 5.41 Å². The molecule has 0 aliphatic rings. The van der Waals surface area contributed by atoms with Crippen LogP contribution < -0.4 is 11.1 Å². The molecule has 0 saturated carbocycles. The number of benzene rings is 1. The van der Waals surface area contributed by atoms with E-state index in [1.165, 1.54) is 5.56 Å². The predicted octanol–water partition coefficient (Wildman–Crippen LogP) is 2.80. The quantitative estimate of drug-likeness (QED) is 0.828. The van der Waals surface area contributed by atoms with E-state index >= 15 is 0 Å². The van der Waals surface area contributed by atoms with Crippen LogP contribution in [0.4, 0.5) is 0 Å². The maximum atomic E-state index is 12.2. The lowest BCUT2D eigenvalue weighted by molar-refractivity contribution is -0.130. The molecule has 3 N–H and O–H groups in total. The molecule has 0 bridgehead atoms. The third kappa shape index (κ3) is 3.80. The Morgan fingerprint density at radius 1 is 1.32 bits per heavy atom. The Bertz CT molecular complexity index is 407. The minimum absolute atomic E-state index is 0.0100. The summed E-state index contributed by atoms with van der Waals surface area (Å²) in [4.78, 5) is 12.2. The molecule has 1 rings (SSSR count). The molecule has 0 fully saturated rings. The topological polar surface area (TPSA) is 55.1 Å². The minimum Gasteiger partial charge on any atom is -0.349 e. The zero-order valence-corrected chi connectivity index (χ0v) is 12.5. The van der Waals surface area contributed by atoms with E-state index in [9.17, 15) is 4.79 Å². The van der Waals surface area contributed by atoms with Gasteiger partial charge in [0.15, 0.2) is 0 Å². The molecule has 2 atom stereocenters. The Kier molecular flexibility index (Phi) is 5.55. The van der Waals surface area contributed by atoms with E-state index in [2.05, 4.69) is 36.5 Å². The van der Waals surface area contributed by atoms with Crippen LogP contribution in [0.25, 0.3) is 0 Å². The van der Waals surface area contributed by atoms with Crippen molar-refractivity contribution in [1.29, 1.82) is 0 Å². The average Bonchev–Trinajstić information content (AvgIpc) is 2.46. The first-order valence-corrected chi connectivity index (χ1v) is 7.06. The number of carbonyl (C=O) groups excluding carboxylic acids is 1. The van der Waals surface area contributed by atoms with Gasteiger partial charge in [0.05, 0.1) is 11.5 Å². The Labute approximate surface area is 116 Å². The van der Waals surface area contributed by atoms with Gasteiger partial charge >= 0.3 is 0 Å². The highest BCUT2D eigenvalue weighted by Crippen LogP contribution is 2.22. The van der Waals surface area contributed by atoms with Crippen molar-refractivity contribution in [2.24, 2.45) is 11.1 Å². The molecule has 1 aromatic rings. The molecule has 1 amide bonds. The minimum atomic E-state index is -0.475. The number of nitrogens with two attached hydrogens (primary N) is 1. The standard InChI is InChI=1S/C16H26N2O/c1-5-13-7-9-14(10-8-13)12(3)18-15(19)16(4,6-2)11-17/h7-10,12H,5-6,11,17H2,1-4H3,(H,18,19). The molecule has 3 heteroatoms. The van der Waals surface area contributed by atoms with Gasteiger partial charge in [-0.05, 0) is 37.8 Å². The zero-order valence-electron chi connectivity index (χ0n) is 12.5. The fourth-order valence-corrected chi connectivity index (χ4v) is 1.89. The Balaban J connectivity index is 2.73. The first-order chi connectivity index (χ1) is 8.96. The van der Waals surface area contributed by atoms with Gasteiger partial charge in [-0.25, -0.2) is 0 Å². The summed E-state index contributed by atoms with van der Waals surface area (Å²) >= 11 is 0. The molecule has 0 radical (unpaired) electrons. The Morgan fingerprint density at radius 2 is 1.89 bits per heavy atom. The SMILES string of the molecule is CCc1ccc(C(C)NC(=O)C(C)(CC)CN)cc1. The summed E-state index contributed by atoms with van der Waals surface area (Å²) in [7, 11) is 0. The van der Waals surface area contributed by atoms with Crippen LogP contribution in [0.15, 0.2) is 24.3 Å². The lowest BCUT2D eigenvalue weighted by Crippen LogP contribution is -2.44. The van der Waals surface area contributed by atoms with Crippen LogP contribution in [0.3, 0.4) is 0 Å². The number of hydrogen-bond donors (Lipinski definition) is 2. The molecule has 0 heterocycles. The first kappa shape index (κ1) is 15.7. The molecule has 0 aliphatic carbocycles. The van der Waals surface area contributed by atoms with E-state index in [0.29, 0.717) is 6.54 Å². The predicted molar refractivity (Wildman–Crippen MR) is 79.8 cm³/mol. The van der Waals surface area contributed by atoms with Crippen molar-refractivity contribution in [2.45, 2.75) is 46.6 Å². The smallest absolute Gasteiger partial charge is 0.227 e. The highest BCUT2D eigenvalue weighted by Gasteiger charge is 2.30. The summed E-state index contributed by atoms with van der Waals surface area (Å²) in [5.41, 5.74) is 7.67. The van der Waals surface area contributed by atoms with Crippen LogP contribution in [-0.4, -0.2) is 12.5 Å². The van der Waals surface area contributed by atoms with Gasteiger partial charge in [0, 0.05) is 6.54 Å². The van der Waals surface area contributed by atoms with E-state index < -0.39 is 5.41 Å². The average molecular weight is 262 g/mol. The number of amides is 1. The van der Waals surface area contributed by atoms with Crippen LogP contribution >= 0.6 is 0 Å². The summed E-state index contributed by atoms with van der Waals surface area (Å²) in [6, 6.07) is 8.39. The monoisotopic (exact) mass is 262 g/mol. The largest absolute Gasteiger partial charge is 0.349 e. The van der Waals surface area contributed by atoms with E-state index in [0.717, 1.165) is 18.4 Å². The third-order valence-corrected chi connectivity index (χ3v) is 4.01. The van der Waals surface area contributed by atoms with E-state index in [-0.39, 0.29) is 11.9 Å². The Hall–Kier alpha value is -1.35. The van der Waals surface area contributed by atoms with Crippen molar-refractivity contribution in [3.8, 4) is 0 Å².